The number of halogens is 1. The van der Waals surface area contributed by atoms with Gasteiger partial charge in [-0.05, 0) is 37.1 Å². The summed E-state index contributed by atoms with van der Waals surface area (Å²) in [4.78, 5) is 28.4. The zero-order valence-electron chi connectivity index (χ0n) is 13.7. The molecule has 0 radical (unpaired) electrons. The molecule has 2 amide bonds. The number of rotatable bonds is 6. The highest BCUT2D eigenvalue weighted by atomic mass is 35.5. The van der Waals surface area contributed by atoms with Crippen molar-refractivity contribution in [2.75, 3.05) is 11.9 Å². The lowest BCUT2D eigenvalue weighted by atomic mass is 10.1. The van der Waals surface area contributed by atoms with Crippen LogP contribution in [0.5, 0.6) is 0 Å². The first kappa shape index (κ1) is 17.9. The molecule has 1 heterocycles. The van der Waals surface area contributed by atoms with E-state index in [4.69, 9.17) is 11.6 Å². The SMILES string of the molecule is CCCCNC(=O)c1cncc(C(=O)Nc2cccc(Cl)c2C)c1. The second-order valence-electron chi connectivity index (χ2n) is 5.44. The van der Waals surface area contributed by atoms with Gasteiger partial charge in [-0.2, -0.15) is 0 Å². The highest BCUT2D eigenvalue weighted by molar-refractivity contribution is 6.31. The number of aromatic nitrogens is 1. The van der Waals surface area contributed by atoms with Gasteiger partial charge in [0, 0.05) is 29.6 Å². The van der Waals surface area contributed by atoms with E-state index in [0.29, 0.717) is 28.4 Å². The molecule has 1 aromatic heterocycles. The highest BCUT2D eigenvalue weighted by Crippen LogP contribution is 2.23. The van der Waals surface area contributed by atoms with Gasteiger partial charge < -0.3 is 10.6 Å². The van der Waals surface area contributed by atoms with E-state index in [0.717, 1.165) is 18.4 Å². The molecule has 0 aliphatic carbocycles. The minimum atomic E-state index is -0.337. The highest BCUT2D eigenvalue weighted by Gasteiger charge is 2.12. The number of hydrogen-bond donors (Lipinski definition) is 2. The molecular formula is C18H20ClN3O2. The summed E-state index contributed by atoms with van der Waals surface area (Å²) in [7, 11) is 0. The van der Waals surface area contributed by atoms with Gasteiger partial charge in [-0.15, -0.1) is 0 Å². The second kappa shape index (κ2) is 8.45. The summed E-state index contributed by atoms with van der Waals surface area (Å²) in [6.45, 7) is 4.48. The molecule has 0 aliphatic heterocycles. The molecule has 24 heavy (non-hydrogen) atoms. The van der Waals surface area contributed by atoms with E-state index in [1.807, 2.05) is 6.92 Å². The first-order valence-corrected chi connectivity index (χ1v) is 8.20. The molecule has 1 aromatic carbocycles. The van der Waals surface area contributed by atoms with Gasteiger partial charge in [-0.3, -0.25) is 14.6 Å². The number of hydrogen-bond acceptors (Lipinski definition) is 3. The lowest BCUT2D eigenvalue weighted by Crippen LogP contribution is -2.25. The Balaban J connectivity index is 2.11. The molecule has 2 N–H and O–H groups in total. The molecule has 0 atom stereocenters. The molecule has 0 fully saturated rings. The number of pyridine rings is 1. The van der Waals surface area contributed by atoms with E-state index in [9.17, 15) is 9.59 Å². The fourth-order valence-electron chi connectivity index (χ4n) is 2.11. The third-order valence-electron chi connectivity index (χ3n) is 3.59. The second-order valence-corrected chi connectivity index (χ2v) is 5.85. The monoisotopic (exact) mass is 345 g/mol. The average Bonchev–Trinajstić information content (AvgIpc) is 2.59. The average molecular weight is 346 g/mol. The molecule has 0 spiro atoms. The van der Waals surface area contributed by atoms with Gasteiger partial charge in [0.2, 0.25) is 0 Å². The lowest BCUT2D eigenvalue weighted by molar-refractivity contribution is 0.0953. The standard InChI is InChI=1S/C18H20ClN3O2/c1-3-4-8-21-17(23)13-9-14(11-20-10-13)18(24)22-16-7-5-6-15(19)12(16)2/h5-7,9-11H,3-4,8H2,1-2H3,(H,21,23)(H,22,24). The van der Waals surface area contributed by atoms with Crippen molar-refractivity contribution in [3.63, 3.8) is 0 Å². The Morgan fingerprint density at radius 3 is 2.58 bits per heavy atom. The van der Waals surface area contributed by atoms with Crippen LogP contribution < -0.4 is 10.6 Å². The van der Waals surface area contributed by atoms with E-state index >= 15 is 0 Å². The lowest BCUT2D eigenvalue weighted by Gasteiger charge is -2.10. The third-order valence-corrected chi connectivity index (χ3v) is 4.00. The van der Waals surface area contributed by atoms with Crippen LogP contribution in [0, 0.1) is 6.92 Å². The van der Waals surface area contributed by atoms with E-state index < -0.39 is 0 Å². The molecular weight excluding hydrogens is 326 g/mol. The predicted molar refractivity (Wildman–Crippen MR) is 95.6 cm³/mol. The van der Waals surface area contributed by atoms with Crippen LogP contribution in [-0.2, 0) is 0 Å². The number of nitrogens with one attached hydrogen (secondary N) is 2. The number of carbonyl (C=O) groups excluding carboxylic acids is 2. The normalized spacial score (nSPS) is 10.3. The zero-order valence-corrected chi connectivity index (χ0v) is 14.5. The Labute approximate surface area is 146 Å². The summed E-state index contributed by atoms with van der Waals surface area (Å²) in [5, 5.41) is 6.17. The van der Waals surface area contributed by atoms with Crippen molar-refractivity contribution < 1.29 is 9.59 Å². The van der Waals surface area contributed by atoms with Gasteiger partial charge in [0.15, 0.2) is 0 Å². The van der Waals surface area contributed by atoms with Crippen molar-refractivity contribution in [3.05, 3.63) is 58.4 Å². The minimum absolute atomic E-state index is 0.232. The molecule has 0 aliphatic rings. The third kappa shape index (κ3) is 4.55. The van der Waals surface area contributed by atoms with Crippen molar-refractivity contribution in [1.82, 2.24) is 10.3 Å². The zero-order chi connectivity index (χ0) is 17.5. The molecule has 0 saturated heterocycles. The Bertz CT molecular complexity index is 747. The Hall–Kier alpha value is -2.40. The van der Waals surface area contributed by atoms with Crippen LogP contribution in [0.15, 0.2) is 36.7 Å². The topological polar surface area (TPSA) is 71.1 Å². The molecule has 6 heteroatoms. The number of benzene rings is 1. The van der Waals surface area contributed by atoms with Gasteiger partial charge in [0.05, 0.1) is 11.1 Å². The van der Waals surface area contributed by atoms with E-state index in [1.165, 1.54) is 18.5 Å². The Kier molecular flexibility index (Phi) is 6.32. The van der Waals surface area contributed by atoms with Crippen LogP contribution in [-0.4, -0.2) is 23.3 Å². The van der Waals surface area contributed by atoms with E-state index in [-0.39, 0.29) is 11.8 Å². The molecule has 0 unspecified atom stereocenters. The Morgan fingerprint density at radius 2 is 1.88 bits per heavy atom. The van der Waals surface area contributed by atoms with E-state index in [2.05, 4.69) is 22.5 Å². The number of amides is 2. The fraction of sp³-hybridized carbons (Fsp3) is 0.278. The maximum absolute atomic E-state index is 12.4. The summed E-state index contributed by atoms with van der Waals surface area (Å²) in [6, 6.07) is 6.83. The Morgan fingerprint density at radius 1 is 1.17 bits per heavy atom. The number of nitrogens with zero attached hydrogens (tertiary/aromatic N) is 1. The number of unbranched alkanes of at least 4 members (excludes halogenated alkanes) is 1. The fourth-order valence-corrected chi connectivity index (χ4v) is 2.28. The van der Waals surface area contributed by atoms with Crippen LogP contribution >= 0.6 is 11.6 Å². The minimum Gasteiger partial charge on any atom is -0.352 e. The van der Waals surface area contributed by atoms with Gasteiger partial charge in [0.25, 0.3) is 11.8 Å². The van der Waals surface area contributed by atoms with Gasteiger partial charge in [0.1, 0.15) is 0 Å². The summed E-state index contributed by atoms with van der Waals surface area (Å²) in [5.41, 5.74) is 2.10. The van der Waals surface area contributed by atoms with Gasteiger partial charge in [-0.1, -0.05) is 31.0 Å². The van der Waals surface area contributed by atoms with Crippen LogP contribution in [0.3, 0.4) is 0 Å². The van der Waals surface area contributed by atoms with Crippen LogP contribution in [0.1, 0.15) is 46.0 Å². The molecule has 126 valence electrons. The first-order valence-electron chi connectivity index (χ1n) is 7.82. The van der Waals surface area contributed by atoms with Crippen molar-refractivity contribution in [2.45, 2.75) is 26.7 Å². The quantitative estimate of drug-likeness (QED) is 0.782. The summed E-state index contributed by atoms with van der Waals surface area (Å²) in [5.74, 6) is -0.569. The smallest absolute Gasteiger partial charge is 0.257 e. The summed E-state index contributed by atoms with van der Waals surface area (Å²) in [6.07, 6.45) is 4.79. The number of anilines is 1. The molecule has 0 saturated carbocycles. The largest absolute Gasteiger partial charge is 0.352 e. The van der Waals surface area contributed by atoms with Crippen molar-refractivity contribution >= 4 is 29.1 Å². The molecule has 2 aromatic rings. The van der Waals surface area contributed by atoms with Gasteiger partial charge >= 0.3 is 0 Å². The maximum Gasteiger partial charge on any atom is 0.257 e. The van der Waals surface area contributed by atoms with Crippen molar-refractivity contribution in [1.29, 1.82) is 0 Å². The van der Waals surface area contributed by atoms with Crippen molar-refractivity contribution in [2.24, 2.45) is 0 Å². The molecule has 5 nitrogen and oxygen atoms in total. The molecule has 2 rings (SSSR count). The molecule has 0 bridgehead atoms. The number of carbonyl (C=O) groups is 2. The van der Waals surface area contributed by atoms with E-state index in [1.54, 1.807) is 18.2 Å². The van der Waals surface area contributed by atoms with Crippen LogP contribution in [0.4, 0.5) is 5.69 Å². The predicted octanol–water partition coefficient (Wildman–Crippen LogP) is 3.83. The van der Waals surface area contributed by atoms with Crippen LogP contribution in [0.25, 0.3) is 0 Å². The summed E-state index contributed by atoms with van der Waals surface area (Å²) >= 11 is 6.05. The summed E-state index contributed by atoms with van der Waals surface area (Å²) < 4.78 is 0. The van der Waals surface area contributed by atoms with Gasteiger partial charge in [-0.25, -0.2) is 0 Å². The first-order chi connectivity index (χ1) is 11.5. The van der Waals surface area contributed by atoms with Crippen molar-refractivity contribution in [3.8, 4) is 0 Å². The van der Waals surface area contributed by atoms with Crippen LogP contribution in [0.2, 0.25) is 5.02 Å². The maximum atomic E-state index is 12.4.